The van der Waals surface area contributed by atoms with Crippen molar-refractivity contribution in [1.82, 2.24) is 19.7 Å². The SMILES string of the molecule is COC(=O)[C@@H]1Cc2c([nH]c3ccccc23)CN1C(=O)CN1CCCC2=C[C@H]3C[C@@H](CN4CCCC[C@H]34)[C@@H]21. The molecule has 7 nitrogen and oxygen atoms in total. The van der Waals surface area contributed by atoms with E-state index in [0.717, 1.165) is 41.2 Å². The minimum absolute atomic E-state index is 0.0368. The third kappa shape index (κ3) is 3.93. The topological polar surface area (TPSA) is 68.9 Å². The van der Waals surface area contributed by atoms with Crippen LogP contribution in [0.25, 0.3) is 10.9 Å². The van der Waals surface area contributed by atoms with Crippen LogP contribution in [0.4, 0.5) is 0 Å². The molecule has 196 valence electrons. The number of amides is 1. The molecule has 0 unspecified atom stereocenters. The highest BCUT2D eigenvalue weighted by atomic mass is 16.5. The van der Waals surface area contributed by atoms with Gasteiger partial charge in [0.15, 0.2) is 0 Å². The van der Waals surface area contributed by atoms with Gasteiger partial charge in [0.05, 0.1) is 20.2 Å². The zero-order valence-corrected chi connectivity index (χ0v) is 21.8. The maximum atomic E-state index is 13.9. The first-order chi connectivity index (χ1) is 18.1. The van der Waals surface area contributed by atoms with Crippen LogP contribution in [0.15, 0.2) is 35.9 Å². The molecule has 7 heteroatoms. The Balaban J connectivity index is 1.14. The van der Waals surface area contributed by atoms with E-state index in [1.54, 1.807) is 10.5 Å². The van der Waals surface area contributed by atoms with Gasteiger partial charge >= 0.3 is 5.97 Å². The predicted octanol–water partition coefficient (Wildman–Crippen LogP) is 3.49. The number of fused-ring (bicyclic) bond motifs is 9. The summed E-state index contributed by atoms with van der Waals surface area (Å²) in [4.78, 5) is 37.3. The summed E-state index contributed by atoms with van der Waals surface area (Å²) in [5, 5.41) is 1.13. The fourth-order valence-electron chi connectivity index (χ4n) is 8.34. The number of carbonyl (C=O) groups is 2. The van der Waals surface area contributed by atoms with E-state index in [1.807, 2.05) is 12.1 Å². The number of H-pyrrole nitrogens is 1. The molecule has 0 spiro atoms. The second kappa shape index (κ2) is 9.28. The van der Waals surface area contributed by atoms with E-state index in [9.17, 15) is 9.59 Å². The number of ether oxygens (including phenoxy) is 1. The van der Waals surface area contributed by atoms with Crippen molar-refractivity contribution in [2.75, 3.05) is 33.3 Å². The van der Waals surface area contributed by atoms with E-state index in [0.29, 0.717) is 37.4 Å². The Hall–Kier alpha value is -2.64. The number of aromatic nitrogens is 1. The fraction of sp³-hybridized carbons (Fsp3) is 0.600. The lowest BCUT2D eigenvalue weighted by Crippen LogP contribution is -2.60. The summed E-state index contributed by atoms with van der Waals surface area (Å²) in [5.41, 5.74) is 4.81. The van der Waals surface area contributed by atoms with E-state index in [-0.39, 0.29) is 11.9 Å². The number of rotatable bonds is 3. The number of piperidine rings is 3. The van der Waals surface area contributed by atoms with Crippen molar-refractivity contribution < 1.29 is 14.3 Å². The van der Waals surface area contributed by atoms with E-state index < -0.39 is 6.04 Å². The predicted molar refractivity (Wildman–Crippen MR) is 142 cm³/mol. The zero-order chi connectivity index (χ0) is 25.1. The number of hydrogen-bond acceptors (Lipinski definition) is 5. The normalized spacial score (nSPS) is 31.8. The average Bonchev–Trinajstić information content (AvgIpc) is 3.29. The molecular formula is C30H38N4O3. The van der Waals surface area contributed by atoms with Crippen LogP contribution in [0.2, 0.25) is 0 Å². The van der Waals surface area contributed by atoms with Gasteiger partial charge in [-0.3, -0.25) is 14.6 Å². The van der Waals surface area contributed by atoms with Gasteiger partial charge in [-0.1, -0.05) is 36.3 Å². The molecule has 7 rings (SSSR count). The summed E-state index contributed by atoms with van der Waals surface area (Å²) in [5.74, 6) is 1.000. The van der Waals surface area contributed by atoms with Gasteiger partial charge in [0.1, 0.15) is 6.04 Å². The third-order valence-electron chi connectivity index (χ3n) is 9.90. The van der Waals surface area contributed by atoms with E-state index in [4.69, 9.17) is 4.74 Å². The number of para-hydroxylation sites is 1. The van der Waals surface area contributed by atoms with Gasteiger partial charge in [0.25, 0.3) is 0 Å². The minimum atomic E-state index is -0.580. The number of carbonyl (C=O) groups excluding carboxylic acids is 2. The molecule has 0 radical (unpaired) electrons. The van der Waals surface area contributed by atoms with Gasteiger partial charge in [-0.15, -0.1) is 0 Å². The Morgan fingerprint density at radius 2 is 2.03 bits per heavy atom. The summed E-state index contributed by atoms with van der Waals surface area (Å²) < 4.78 is 5.18. The molecule has 1 N–H and O–H groups in total. The Bertz CT molecular complexity index is 1250. The molecule has 4 aliphatic heterocycles. The molecule has 5 aliphatic rings. The number of benzene rings is 1. The smallest absolute Gasteiger partial charge is 0.328 e. The van der Waals surface area contributed by atoms with Crippen molar-refractivity contribution in [2.45, 2.75) is 69.6 Å². The number of nitrogens with zero attached hydrogens (tertiary/aromatic N) is 3. The van der Waals surface area contributed by atoms with Crippen LogP contribution >= 0.6 is 0 Å². The Morgan fingerprint density at radius 1 is 1.14 bits per heavy atom. The molecule has 1 aromatic carbocycles. The maximum absolute atomic E-state index is 13.9. The van der Waals surface area contributed by atoms with Gasteiger partial charge in [0.2, 0.25) is 5.91 Å². The number of esters is 1. The van der Waals surface area contributed by atoms with Crippen LogP contribution < -0.4 is 0 Å². The average molecular weight is 503 g/mol. The lowest BCUT2D eigenvalue weighted by Gasteiger charge is -2.54. The zero-order valence-electron chi connectivity index (χ0n) is 21.8. The van der Waals surface area contributed by atoms with Gasteiger partial charge in [0, 0.05) is 41.6 Å². The molecule has 37 heavy (non-hydrogen) atoms. The molecule has 1 aromatic heterocycles. The minimum Gasteiger partial charge on any atom is -0.467 e. The van der Waals surface area contributed by atoms with Crippen LogP contribution in [0.3, 0.4) is 0 Å². The van der Waals surface area contributed by atoms with Crippen molar-refractivity contribution in [2.24, 2.45) is 11.8 Å². The molecule has 2 aromatic rings. The summed E-state index contributed by atoms with van der Waals surface area (Å²) >= 11 is 0. The number of hydrogen-bond donors (Lipinski definition) is 1. The molecular weight excluding hydrogens is 464 g/mol. The van der Waals surface area contributed by atoms with Crippen molar-refractivity contribution >= 4 is 22.8 Å². The highest BCUT2D eigenvalue weighted by Gasteiger charge is 2.47. The largest absolute Gasteiger partial charge is 0.467 e. The molecule has 0 saturated carbocycles. The monoisotopic (exact) mass is 502 g/mol. The molecule has 2 bridgehead atoms. The first kappa shape index (κ1) is 23.5. The van der Waals surface area contributed by atoms with Gasteiger partial charge in [-0.05, 0) is 68.7 Å². The van der Waals surface area contributed by atoms with E-state index in [1.165, 1.54) is 52.3 Å². The fourth-order valence-corrected chi connectivity index (χ4v) is 8.34. The summed E-state index contributed by atoms with van der Waals surface area (Å²) in [6.07, 6.45) is 10.7. The lowest BCUT2D eigenvalue weighted by molar-refractivity contribution is -0.154. The van der Waals surface area contributed by atoms with Crippen LogP contribution in [-0.2, 0) is 27.3 Å². The Morgan fingerprint density at radius 3 is 2.92 bits per heavy atom. The maximum Gasteiger partial charge on any atom is 0.328 e. The highest BCUT2D eigenvalue weighted by Crippen LogP contribution is 2.45. The van der Waals surface area contributed by atoms with Gasteiger partial charge < -0.3 is 14.6 Å². The third-order valence-corrected chi connectivity index (χ3v) is 9.90. The summed E-state index contributed by atoms with van der Waals surface area (Å²) in [6.45, 7) is 4.14. The second-order valence-electron chi connectivity index (χ2n) is 11.9. The number of aromatic amines is 1. The van der Waals surface area contributed by atoms with E-state index >= 15 is 0 Å². The molecule has 3 fully saturated rings. The van der Waals surface area contributed by atoms with E-state index in [2.05, 4.69) is 33.0 Å². The number of likely N-dealkylation sites (tertiary alicyclic amines) is 1. The van der Waals surface area contributed by atoms with Crippen molar-refractivity contribution in [3.8, 4) is 0 Å². The van der Waals surface area contributed by atoms with Crippen molar-refractivity contribution in [1.29, 1.82) is 0 Å². The summed E-state index contributed by atoms with van der Waals surface area (Å²) in [6, 6.07) is 8.70. The second-order valence-corrected chi connectivity index (χ2v) is 11.9. The molecule has 5 atom stereocenters. The number of methoxy groups -OCH3 is 1. The highest BCUT2D eigenvalue weighted by molar-refractivity contribution is 5.90. The standard InChI is InChI=1S/C30H38N4O3/c1-37-30(36)27-15-23-22-8-2-3-9-24(22)31-25(23)17-34(27)28(35)18-33-12-6-7-19-13-20-14-21(29(19)33)16-32-11-5-4-10-26(20)32/h2-3,8-9,13,20-21,26-27,29,31H,4-7,10-12,14-18H2,1H3/t20-,21-,26+,27-,29+/m0/s1. The first-order valence-corrected chi connectivity index (χ1v) is 14.2. The molecule has 3 saturated heterocycles. The lowest BCUT2D eigenvalue weighted by atomic mass is 9.68. The van der Waals surface area contributed by atoms with Crippen LogP contribution in [0, 0.1) is 11.8 Å². The van der Waals surface area contributed by atoms with Crippen molar-refractivity contribution in [3.05, 3.63) is 47.2 Å². The first-order valence-electron chi connectivity index (χ1n) is 14.2. The Labute approximate surface area is 218 Å². The van der Waals surface area contributed by atoms with Crippen LogP contribution in [0.5, 0.6) is 0 Å². The molecule has 1 amide bonds. The van der Waals surface area contributed by atoms with Gasteiger partial charge in [-0.25, -0.2) is 4.79 Å². The molecule has 5 heterocycles. The van der Waals surface area contributed by atoms with Gasteiger partial charge in [-0.2, -0.15) is 0 Å². The number of nitrogens with one attached hydrogen (secondary N) is 1. The van der Waals surface area contributed by atoms with Crippen LogP contribution in [-0.4, -0.2) is 83.0 Å². The Kier molecular flexibility index (Phi) is 5.89. The van der Waals surface area contributed by atoms with Crippen LogP contribution in [0.1, 0.15) is 49.8 Å². The molecule has 1 aliphatic carbocycles. The van der Waals surface area contributed by atoms with Crippen molar-refractivity contribution in [3.63, 3.8) is 0 Å². The quantitative estimate of drug-likeness (QED) is 0.514. The summed E-state index contributed by atoms with van der Waals surface area (Å²) in [7, 11) is 1.42.